The van der Waals surface area contributed by atoms with E-state index in [1.165, 1.54) is 0 Å². The molecule has 0 unspecified atom stereocenters. The highest BCUT2D eigenvalue weighted by Gasteiger charge is 2.19. The van der Waals surface area contributed by atoms with Gasteiger partial charge < -0.3 is 9.84 Å². The highest BCUT2D eigenvalue weighted by atomic mass is 35.5. The molecule has 0 spiro atoms. The molecule has 0 bridgehead atoms. The number of rotatable bonds is 5. The van der Waals surface area contributed by atoms with Gasteiger partial charge in [0.1, 0.15) is 0 Å². The Kier molecular flexibility index (Phi) is 4.56. The first-order valence-electron chi connectivity index (χ1n) is 7.27. The van der Waals surface area contributed by atoms with Gasteiger partial charge in [0.05, 0.1) is 30.1 Å². The number of nitrogens with zero attached hydrogens (tertiary/aromatic N) is 4. The summed E-state index contributed by atoms with van der Waals surface area (Å²) in [6.45, 7) is 2.86. The Morgan fingerprint density at radius 1 is 1.30 bits per heavy atom. The van der Waals surface area contributed by atoms with Crippen molar-refractivity contribution in [2.45, 2.75) is 26.7 Å². The average Bonchev–Trinajstić information content (AvgIpc) is 2.96. The van der Waals surface area contributed by atoms with Crippen LogP contribution in [0.3, 0.4) is 0 Å². The maximum atomic E-state index is 9.90. The van der Waals surface area contributed by atoms with Crippen LogP contribution >= 0.6 is 11.6 Å². The highest BCUT2D eigenvalue weighted by molar-refractivity contribution is 6.30. The second kappa shape index (κ2) is 6.62. The zero-order valence-corrected chi connectivity index (χ0v) is 13.7. The minimum Gasteiger partial charge on any atom is -0.392 e. The lowest BCUT2D eigenvalue weighted by molar-refractivity contribution is 0.178. The summed E-state index contributed by atoms with van der Waals surface area (Å²) in [5, 5.41) is 15.7. The van der Waals surface area contributed by atoms with Gasteiger partial charge in [0.2, 0.25) is 0 Å². The Morgan fingerprint density at radius 3 is 2.78 bits per heavy atom. The van der Waals surface area contributed by atoms with Crippen LogP contribution in [0.15, 0.2) is 24.7 Å². The first kappa shape index (κ1) is 15.9. The Hall–Kier alpha value is -2.02. The quantitative estimate of drug-likeness (QED) is 0.777. The molecule has 3 heterocycles. The molecule has 120 valence electrons. The van der Waals surface area contributed by atoms with Gasteiger partial charge in [-0.15, -0.1) is 0 Å². The van der Waals surface area contributed by atoms with E-state index in [2.05, 4.69) is 15.1 Å². The van der Waals surface area contributed by atoms with Crippen LogP contribution in [0.5, 0.6) is 0 Å². The number of ether oxygens (including phenoxy) is 1. The number of hydrogen-bond donors (Lipinski definition) is 1. The van der Waals surface area contributed by atoms with Gasteiger partial charge in [0.25, 0.3) is 0 Å². The summed E-state index contributed by atoms with van der Waals surface area (Å²) >= 11 is 6.09. The SMILES string of the molecule is CCn1ncc2c(-c3cncc(Cl)c3)c(CO)c(COC)nc21. The zero-order chi connectivity index (χ0) is 16.4. The molecule has 1 N–H and O–H groups in total. The highest BCUT2D eigenvalue weighted by Crippen LogP contribution is 2.34. The molecule has 0 aliphatic heterocycles. The van der Waals surface area contributed by atoms with Gasteiger partial charge >= 0.3 is 0 Å². The van der Waals surface area contributed by atoms with Gasteiger partial charge in [-0.25, -0.2) is 9.67 Å². The number of halogens is 1. The predicted molar refractivity (Wildman–Crippen MR) is 88.1 cm³/mol. The zero-order valence-electron chi connectivity index (χ0n) is 13.0. The van der Waals surface area contributed by atoms with Gasteiger partial charge in [-0.05, 0) is 13.0 Å². The van der Waals surface area contributed by atoms with Crippen LogP contribution in [-0.4, -0.2) is 32.0 Å². The molecular formula is C16H17ClN4O2. The molecule has 6 nitrogen and oxygen atoms in total. The van der Waals surface area contributed by atoms with E-state index in [9.17, 15) is 5.11 Å². The number of methoxy groups -OCH3 is 1. The lowest BCUT2D eigenvalue weighted by Gasteiger charge is -2.14. The summed E-state index contributed by atoms with van der Waals surface area (Å²) < 4.78 is 7.06. The molecule has 3 aromatic rings. The van der Waals surface area contributed by atoms with Crippen LogP contribution in [0.25, 0.3) is 22.2 Å². The summed E-state index contributed by atoms with van der Waals surface area (Å²) in [6, 6.07) is 1.82. The van der Waals surface area contributed by atoms with Crippen molar-refractivity contribution >= 4 is 22.6 Å². The Balaban J connectivity index is 2.38. The van der Waals surface area contributed by atoms with Gasteiger partial charge in [-0.1, -0.05) is 11.6 Å². The van der Waals surface area contributed by atoms with Crippen molar-refractivity contribution in [3.63, 3.8) is 0 Å². The van der Waals surface area contributed by atoms with Crippen molar-refractivity contribution in [2.24, 2.45) is 0 Å². The van der Waals surface area contributed by atoms with Crippen molar-refractivity contribution in [1.29, 1.82) is 0 Å². The monoisotopic (exact) mass is 332 g/mol. The molecule has 0 radical (unpaired) electrons. The smallest absolute Gasteiger partial charge is 0.158 e. The number of aliphatic hydroxyl groups is 1. The van der Waals surface area contributed by atoms with Crippen molar-refractivity contribution in [2.75, 3.05) is 7.11 Å². The van der Waals surface area contributed by atoms with Crippen molar-refractivity contribution in [3.8, 4) is 11.1 Å². The Labute approximate surface area is 138 Å². The van der Waals surface area contributed by atoms with Crippen LogP contribution in [0.2, 0.25) is 5.02 Å². The number of aromatic nitrogens is 4. The van der Waals surface area contributed by atoms with E-state index in [1.807, 2.05) is 17.7 Å². The average molecular weight is 333 g/mol. The largest absolute Gasteiger partial charge is 0.392 e. The number of fused-ring (bicyclic) bond motifs is 1. The van der Waals surface area contributed by atoms with Gasteiger partial charge in [0, 0.05) is 48.1 Å². The maximum absolute atomic E-state index is 9.90. The Morgan fingerprint density at radius 2 is 2.13 bits per heavy atom. The second-order valence-electron chi connectivity index (χ2n) is 5.09. The summed E-state index contributed by atoms with van der Waals surface area (Å²) in [5.41, 5.74) is 3.82. The topological polar surface area (TPSA) is 73.1 Å². The first-order valence-corrected chi connectivity index (χ1v) is 7.65. The van der Waals surface area contributed by atoms with Crippen molar-refractivity contribution in [1.82, 2.24) is 19.7 Å². The normalized spacial score (nSPS) is 11.3. The number of aryl methyl sites for hydroxylation is 1. The fourth-order valence-corrected chi connectivity index (χ4v) is 2.89. The summed E-state index contributed by atoms with van der Waals surface area (Å²) in [6.07, 6.45) is 5.06. The third kappa shape index (κ3) is 2.81. The Bertz CT molecular complexity index is 847. The molecule has 0 aliphatic rings. The number of aliphatic hydroxyl groups excluding tert-OH is 1. The number of pyridine rings is 2. The molecule has 7 heteroatoms. The summed E-state index contributed by atoms with van der Waals surface area (Å²) in [5.74, 6) is 0. The van der Waals surface area contributed by atoms with Crippen LogP contribution in [0, 0.1) is 0 Å². The van der Waals surface area contributed by atoms with E-state index >= 15 is 0 Å². The molecule has 0 saturated heterocycles. The van der Waals surface area contributed by atoms with E-state index in [1.54, 1.807) is 25.7 Å². The molecular weight excluding hydrogens is 316 g/mol. The molecule has 0 aromatic carbocycles. The van der Waals surface area contributed by atoms with Crippen LogP contribution < -0.4 is 0 Å². The lowest BCUT2D eigenvalue weighted by atomic mass is 9.98. The lowest BCUT2D eigenvalue weighted by Crippen LogP contribution is -2.06. The van der Waals surface area contributed by atoms with Crippen molar-refractivity contribution < 1.29 is 9.84 Å². The molecule has 0 fully saturated rings. The van der Waals surface area contributed by atoms with Crippen LogP contribution in [-0.2, 0) is 24.5 Å². The molecule has 3 rings (SSSR count). The first-order chi connectivity index (χ1) is 11.2. The minimum absolute atomic E-state index is 0.152. The molecule has 0 amide bonds. The predicted octanol–water partition coefficient (Wildman–Crippen LogP) is 2.81. The fraction of sp³-hybridized carbons (Fsp3) is 0.312. The number of hydrogen-bond acceptors (Lipinski definition) is 5. The third-order valence-corrected chi connectivity index (χ3v) is 3.91. The maximum Gasteiger partial charge on any atom is 0.158 e. The van der Waals surface area contributed by atoms with E-state index in [4.69, 9.17) is 16.3 Å². The summed E-state index contributed by atoms with van der Waals surface area (Å²) in [7, 11) is 1.60. The minimum atomic E-state index is -0.152. The molecule has 23 heavy (non-hydrogen) atoms. The fourth-order valence-electron chi connectivity index (χ4n) is 2.71. The molecule has 0 saturated carbocycles. The van der Waals surface area contributed by atoms with Gasteiger partial charge in [0.15, 0.2) is 5.65 Å². The molecule has 0 atom stereocenters. The van der Waals surface area contributed by atoms with Gasteiger partial charge in [-0.2, -0.15) is 5.10 Å². The molecule has 0 aliphatic carbocycles. The van der Waals surface area contributed by atoms with Gasteiger partial charge in [-0.3, -0.25) is 4.98 Å². The van der Waals surface area contributed by atoms with E-state index in [-0.39, 0.29) is 6.61 Å². The van der Waals surface area contributed by atoms with E-state index in [0.29, 0.717) is 29.4 Å². The third-order valence-electron chi connectivity index (χ3n) is 3.70. The van der Waals surface area contributed by atoms with Crippen LogP contribution in [0.1, 0.15) is 18.2 Å². The van der Waals surface area contributed by atoms with E-state index < -0.39 is 0 Å². The van der Waals surface area contributed by atoms with Crippen molar-refractivity contribution in [3.05, 3.63) is 40.9 Å². The van der Waals surface area contributed by atoms with E-state index in [0.717, 1.165) is 22.2 Å². The molecule has 3 aromatic heterocycles. The summed E-state index contributed by atoms with van der Waals surface area (Å²) in [4.78, 5) is 8.79. The second-order valence-corrected chi connectivity index (χ2v) is 5.53. The standard InChI is InChI=1S/C16H17ClN4O2/c1-3-21-16-12(7-19-21)15(10-4-11(17)6-18-5-10)13(8-22)14(20-16)9-23-2/h4-7,22H,3,8-9H2,1-2H3. The van der Waals surface area contributed by atoms with Crippen LogP contribution in [0.4, 0.5) is 0 Å².